The van der Waals surface area contributed by atoms with Crippen LogP contribution in [0.5, 0.6) is 0 Å². The highest BCUT2D eigenvalue weighted by molar-refractivity contribution is 7.89. The van der Waals surface area contributed by atoms with E-state index in [2.05, 4.69) is 19.9 Å². The molecular weight excluding hydrogens is 417 g/mol. The van der Waals surface area contributed by atoms with Gasteiger partial charge in [0.1, 0.15) is 16.8 Å². The molecule has 148 valence electrons. The van der Waals surface area contributed by atoms with E-state index < -0.39 is 32.7 Å². The quantitative estimate of drug-likeness (QED) is 0.643. The highest BCUT2D eigenvalue weighted by atomic mass is 35.5. The molecule has 11 heteroatoms. The molecule has 1 heterocycles. The third-order valence-corrected chi connectivity index (χ3v) is 5.73. The lowest BCUT2D eigenvalue weighted by molar-refractivity contribution is -0.137. The van der Waals surface area contributed by atoms with Crippen molar-refractivity contribution in [3.8, 4) is 0 Å². The molecule has 2 aromatic carbocycles. The molecule has 0 amide bonds. The van der Waals surface area contributed by atoms with Crippen molar-refractivity contribution in [1.29, 1.82) is 0 Å². The second-order valence-corrected chi connectivity index (χ2v) is 7.98. The van der Waals surface area contributed by atoms with Crippen molar-refractivity contribution < 1.29 is 21.6 Å². The van der Waals surface area contributed by atoms with Crippen LogP contribution in [-0.2, 0) is 16.2 Å². The number of aryl methyl sites for hydroxylation is 1. The van der Waals surface area contributed by atoms with E-state index in [1.807, 2.05) is 0 Å². The van der Waals surface area contributed by atoms with Gasteiger partial charge in [0.15, 0.2) is 5.82 Å². The van der Waals surface area contributed by atoms with Crippen molar-refractivity contribution in [3.05, 3.63) is 76.3 Å². The molecule has 0 bridgehead atoms. The lowest BCUT2D eigenvalue weighted by Gasteiger charge is -2.18. The maximum Gasteiger partial charge on any atom is 0.416 e. The van der Waals surface area contributed by atoms with E-state index >= 15 is 0 Å². The maximum absolute atomic E-state index is 13.0. The Morgan fingerprint density at radius 1 is 1.14 bits per heavy atom. The summed E-state index contributed by atoms with van der Waals surface area (Å²) in [4.78, 5) is 3.45. The highest BCUT2D eigenvalue weighted by Crippen LogP contribution is 2.34. The molecule has 0 aliphatic heterocycles. The van der Waals surface area contributed by atoms with Gasteiger partial charge >= 0.3 is 6.18 Å². The smallest absolute Gasteiger partial charge is 0.263 e. The molecule has 0 spiro atoms. The summed E-state index contributed by atoms with van der Waals surface area (Å²) in [6.07, 6.45) is -4.71. The first-order valence-electron chi connectivity index (χ1n) is 7.91. The van der Waals surface area contributed by atoms with Gasteiger partial charge in [-0.15, -0.1) is 0 Å². The maximum atomic E-state index is 13.0. The van der Waals surface area contributed by atoms with Crippen molar-refractivity contribution in [2.24, 2.45) is 0 Å². The summed E-state index contributed by atoms with van der Waals surface area (Å²) in [6, 6.07) is 9.49. The molecule has 0 saturated heterocycles. The SMILES string of the molecule is Cc1nc(C(NS(=O)(=O)c2cc(C(F)(F)F)ccc2Cl)c2ccccc2)n[nH]1. The van der Waals surface area contributed by atoms with Crippen LogP contribution in [0.25, 0.3) is 0 Å². The zero-order valence-corrected chi connectivity index (χ0v) is 15.9. The molecule has 6 nitrogen and oxygen atoms in total. The second kappa shape index (κ2) is 7.53. The number of rotatable bonds is 5. The van der Waals surface area contributed by atoms with Gasteiger partial charge in [0.2, 0.25) is 10.0 Å². The van der Waals surface area contributed by atoms with Crippen LogP contribution in [0, 0.1) is 6.92 Å². The number of sulfonamides is 1. The van der Waals surface area contributed by atoms with E-state index in [4.69, 9.17) is 11.6 Å². The number of nitrogens with one attached hydrogen (secondary N) is 2. The Morgan fingerprint density at radius 3 is 2.39 bits per heavy atom. The van der Waals surface area contributed by atoms with Crippen LogP contribution in [-0.4, -0.2) is 23.6 Å². The normalized spacial score (nSPS) is 13.5. The molecule has 0 aliphatic rings. The van der Waals surface area contributed by atoms with Gasteiger partial charge in [0.05, 0.1) is 10.6 Å². The fourth-order valence-corrected chi connectivity index (χ4v) is 4.22. The van der Waals surface area contributed by atoms with Crippen LogP contribution in [0.2, 0.25) is 5.02 Å². The zero-order chi connectivity index (χ0) is 20.5. The highest BCUT2D eigenvalue weighted by Gasteiger charge is 2.34. The number of aromatic nitrogens is 3. The predicted molar refractivity (Wildman–Crippen MR) is 96.2 cm³/mol. The van der Waals surface area contributed by atoms with E-state index in [9.17, 15) is 21.6 Å². The molecular formula is C17H14ClF3N4O2S. The summed E-state index contributed by atoms with van der Waals surface area (Å²) in [5.74, 6) is 0.572. The first-order chi connectivity index (χ1) is 13.1. The van der Waals surface area contributed by atoms with Gasteiger partial charge in [-0.05, 0) is 30.7 Å². The van der Waals surface area contributed by atoms with Crippen molar-refractivity contribution in [3.63, 3.8) is 0 Å². The van der Waals surface area contributed by atoms with E-state index in [-0.39, 0.29) is 10.8 Å². The number of alkyl halides is 3. The summed E-state index contributed by atoms with van der Waals surface area (Å²) in [6.45, 7) is 1.64. The predicted octanol–water partition coefficient (Wildman–Crippen LogP) is 3.85. The lowest BCUT2D eigenvalue weighted by Crippen LogP contribution is -2.30. The Balaban J connectivity index is 2.06. The standard InChI is InChI=1S/C17H14ClF3N4O2S/c1-10-22-16(24-23-10)15(11-5-3-2-4-6-11)25-28(26,27)14-9-12(17(19,20)21)7-8-13(14)18/h2-9,15,25H,1H3,(H,22,23,24). The Morgan fingerprint density at radius 2 is 1.82 bits per heavy atom. The van der Waals surface area contributed by atoms with Gasteiger partial charge in [-0.2, -0.15) is 23.0 Å². The number of benzene rings is 2. The number of H-pyrrole nitrogens is 1. The van der Waals surface area contributed by atoms with Crippen LogP contribution >= 0.6 is 11.6 Å². The minimum atomic E-state index is -4.71. The second-order valence-electron chi connectivity index (χ2n) is 5.89. The van der Waals surface area contributed by atoms with Crippen molar-refractivity contribution in [1.82, 2.24) is 19.9 Å². The van der Waals surface area contributed by atoms with Gasteiger partial charge in [-0.25, -0.2) is 13.4 Å². The molecule has 3 rings (SSSR count). The first-order valence-corrected chi connectivity index (χ1v) is 9.77. The van der Waals surface area contributed by atoms with Gasteiger partial charge in [-0.3, -0.25) is 5.10 Å². The summed E-state index contributed by atoms with van der Waals surface area (Å²) >= 11 is 5.89. The average molecular weight is 431 g/mol. The molecule has 1 atom stereocenters. The molecule has 3 aromatic rings. The minimum Gasteiger partial charge on any atom is -0.263 e. The van der Waals surface area contributed by atoms with Crippen molar-refractivity contribution in [2.75, 3.05) is 0 Å². The fraction of sp³-hybridized carbons (Fsp3) is 0.176. The number of hydrogen-bond acceptors (Lipinski definition) is 4. The number of nitrogens with zero attached hydrogens (tertiary/aromatic N) is 2. The van der Waals surface area contributed by atoms with Crippen LogP contribution in [0.3, 0.4) is 0 Å². The molecule has 0 radical (unpaired) electrons. The summed E-state index contributed by atoms with van der Waals surface area (Å²) in [5.41, 5.74) is -0.615. The van der Waals surface area contributed by atoms with Crippen molar-refractivity contribution in [2.45, 2.75) is 24.0 Å². The molecule has 2 N–H and O–H groups in total. The van der Waals surface area contributed by atoms with E-state index in [0.29, 0.717) is 23.5 Å². The molecule has 0 aliphatic carbocycles. The first kappa shape index (κ1) is 20.3. The number of halogens is 4. The lowest BCUT2D eigenvalue weighted by atomic mass is 10.1. The summed E-state index contributed by atoms with van der Waals surface area (Å²) in [7, 11) is -4.44. The Kier molecular flexibility index (Phi) is 5.46. The largest absolute Gasteiger partial charge is 0.416 e. The average Bonchev–Trinajstić information content (AvgIpc) is 3.06. The Bertz CT molecular complexity index is 1090. The molecule has 1 aromatic heterocycles. The third-order valence-electron chi connectivity index (χ3n) is 3.83. The van der Waals surface area contributed by atoms with Crippen LogP contribution in [0.15, 0.2) is 53.4 Å². The fourth-order valence-electron chi connectivity index (χ4n) is 2.51. The zero-order valence-electron chi connectivity index (χ0n) is 14.3. The monoisotopic (exact) mass is 430 g/mol. The molecule has 0 fully saturated rings. The van der Waals surface area contributed by atoms with Gasteiger partial charge in [0.25, 0.3) is 0 Å². The third kappa shape index (κ3) is 4.34. The Labute approximate surface area is 163 Å². The van der Waals surface area contributed by atoms with Crippen LogP contribution in [0.1, 0.15) is 28.8 Å². The van der Waals surface area contributed by atoms with Gasteiger partial charge in [0, 0.05) is 0 Å². The van der Waals surface area contributed by atoms with E-state index in [0.717, 1.165) is 6.07 Å². The Hall–Kier alpha value is -2.43. The van der Waals surface area contributed by atoms with Crippen LogP contribution < -0.4 is 4.72 Å². The van der Waals surface area contributed by atoms with Crippen molar-refractivity contribution >= 4 is 21.6 Å². The number of hydrogen-bond donors (Lipinski definition) is 2. The van der Waals surface area contributed by atoms with E-state index in [1.165, 1.54) is 0 Å². The molecule has 0 saturated carbocycles. The summed E-state index contributed by atoms with van der Waals surface area (Å²) < 4.78 is 67.1. The summed E-state index contributed by atoms with van der Waals surface area (Å²) in [5, 5.41) is 6.25. The van der Waals surface area contributed by atoms with Gasteiger partial charge < -0.3 is 0 Å². The van der Waals surface area contributed by atoms with E-state index in [1.54, 1.807) is 37.3 Å². The number of aromatic amines is 1. The molecule has 28 heavy (non-hydrogen) atoms. The molecule has 1 unspecified atom stereocenters. The topological polar surface area (TPSA) is 87.7 Å². The van der Waals surface area contributed by atoms with Gasteiger partial charge in [-0.1, -0.05) is 41.9 Å². The minimum absolute atomic E-state index is 0.121. The van der Waals surface area contributed by atoms with Crippen LogP contribution in [0.4, 0.5) is 13.2 Å².